The molecule has 1 saturated heterocycles. The highest BCUT2D eigenvalue weighted by atomic mass is 79.9. The van der Waals surface area contributed by atoms with Gasteiger partial charge in [0.25, 0.3) is 5.91 Å². The third-order valence-electron chi connectivity index (χ3n) is 3.54. The standard InChI is InChI=1S/C14H16BrF2NO/c1-9-6-11(13(17)7-12(9)16)14(19)18-5-3-2-4-10(18)8-15/h6-7,10H,2-5,8H2,1H3. The predicted molar refractivity (Wildman–Crippen MR) is 73.6 cm³/mol. The average molecular weight is 332 g/mol. The van der Waals surface area contributed by atoms with Crippen LogP contribution in [-0.2, 0) is 0 Å². The normalized spacial score (nSPS) is 19.6. The van der Waals surface area contributed by atoms with Crippen molar-refractivity contribution < 1.29 is 13.6 Å². The van der Waals surface area contributed by atoms with Crippen LogP contribution in [0.25, 0.3) is 0 Å². The van der Waals surface area contributed by atoms with Gasteiger partial charge in [0.05, 0.1) is 5.56 Å². The number of hydrogen-bond acceptors (Lipinski definition) is 1. The Morgan fingerprint density at radius 3 is 2.79 bits per heavy atom. The van der Waals surface area contributed by atoms with E-state index in [1.54, 1.807) is 4.90 Å². The Hall–Kier alpha value is -0.970. The van der Waals surface area contributed by atoms with Crippen LogP contribution in [0.1, 0.15) is 35.2 Å². The van der Waals surface area contributed by atoms with E-state index in [2.05, 4.69) is 15.9 Å². The summed E-state index contributed by atoms with van der Waals surface area (Å²) in [5, 5.41) is 0.681. The minimum Gasteiger partial charge on any atom is -0.335 e. The zero-order valence-corrected chi connectivity index (χ0v) is 12.3. The number of carbonyl (C=O) groups excluding carboxylic acids is 1. The second-order valence-electron chi connectivity index (χ2n) is 4.88. The lowest BCUT2D eigenvalue weighted by Crippen LogP contribution is -2.45. The van der Waals surface area contributed by atoms with Crippen molar-refractivity contribution >= 4 is 21.8 Å². The zero-order chi connectivity index (χ0) is 14.0. The first-order chi connectivity index (χ1) is 9.04. The van der Waals surface area contributed by atoms with Crippen LogP contribution in [0.2, 0.25) is 0 Å². The molecule has 104 valence electrons. The van der Waals surface area contributed by atoms with E-state index in [1.807, 2.05) is 0 Å². The topological polar surface area (TPSA) is 20.3 Å². The predicted octanol–water partition coefficient (Wildman–Crippen LogP) is 3.66. The van der Waals surface area contributed by atoms with Crippen LogP contribution in [0.5, 0.6) is 0 Å². The number of likely N-dealkylation sites (tertiary alicyclic amines) is 1. The molecular weight excluding hydrogens is 316 g/mol. The molecule has 0 saturated carbocycles. The molecule has 1 aromatic rings. The number of alkyl halides is 1. The van der Waals surface area contributed by atoms with Crippen molar-refractivity contribution in [2.24, 2.45) is 0 Å². The van der Waals surface area contributed by atoms with Gasteiger partial charge in [0.2, 0.25) is 0 Å². The number of rotatable bonds is 2. The highest BCUT2D eigenvalue weighted by Gasteiger charge is 2.28. The molecule has 0 spiro atoms. The monoisotopic (exact) mass is 331 g/mol. The Bertz CT molecular complexity index is 493. The van der Waals surface area contributed by atoms with Gasteiger partial charge in [-0.3, -0.25) is 4.79 Å². The van der Waals surface area contributed by atoms with Crippen molar-refractivity contribution in [1.29, 1.82) is 0 Å². The fourth-order valence-corrected chi connectivity index (χ4v) is 3.08. The number of nitrogens with zero attached hydrogens (tertiary/aromatic N) is 1. The first-order valence-electron chi connectivity index (χ1n) is 6.37. The molecule has 1 aromatic carbocycles. The zero-order valence-electron chi connectivity index (χ0n) is 10.8. The molecule has 1 atom stereocenters. The Morgan fingerprint density at radius 2 is 2.11 bits per heavy atom. The number of hydrogen-bond donors (Lipinski definition) is 0. The Labute approximate surface area is 119 Å². The fourth-order valence-electron chi connectivity index (χ4n) is 2.40. The third-order valence-corrected chi connectivity index (χ3v) is 4.29. The summed E-state index contributed by atoms with van der Waals surface area (Å²) < 4.78 is 27.0. The lowest BCUT2D eigenvalue weighted by molar-refractivity contribution is 0.0637. The van der Waals surface area contributed by atoms with Gasteiger partial charge >= 0.3 is 0 Å². The van der Waals surface area contributed by atoms with Gasteiger partial charge in [0.1, 0.15) is 11.6 Å². The van der Waals surface area contributed by atoms with Gasteiger partial charge in [-0.25, -0.2) is 8.78 Å². The summed E-state index contributed by atoms with van der Waals surface area (Å²) in [6, 6.07) is 2.17. The molecule has 1 aliphatic heterocycles. The summed E-state index contributed by atoms with van der Waals surface area (Å²) in [6.07, 6.45) is 2.92. The summed E-state index contributed by atoms with van der Waals surface area (Å²) in [4.78, 5) is 14.1. The summed E-state index contributed by atoms with van der Waals surface area (Å²) in [7, 11) is 0. The molecule has 0 aromatic heterocycles. The third kappa shape index (κ3) is 2.96. The molecule has 0 aliphatic carbocycles. The molecule has 0 N–H and O–H groups in total. The van der Waals surface area contributed by atoms with E-state index in [-0.39, 0.29) is 23.1 Å². The van der Waals surface area contributed by atoms with Crippen molar-refractivity contribution in [1.82, 2.24) is 4.90 Å². The van der Waals surface area contributed by atoms with E-state index in [1.165, 1.54) is 13.0 Å². The molecule has 2 rings (SSSR count). The van der Waals surface area contributed by atoms with Gasteiger partial charge in [0.15, 0.2) is 0 Å². The van der Waals surface area contributed by atoms with Crippen LogP contribution in [0.3, 0.4) is 0 Å². The lowest BCUT2D eigenvalue weighted by Gasteiger charge is -2.35. The molecule has 0 radical (unpaired) electrons. The van der Waals surface area contributed by atoms with Gasteiger partial charge < -0.3 is 4.90 Å². The van der Waals surface area contributed by atoms with E-state index >= 15 is 0 Å². The fraction of sp³-hybridized carbons (Fsp3) is 0.500. The van der Waals surface area contributed by atoms with Gasteiger partial charge in [-0.2, -0.15) is 0 Å². The van der Waals surface area contributed by atoms with Gasteiger partial charge in [0, 0.05) is 24.0 Å². The lowest BCUT2D eigenvalue weighted by atomic mass is 10.0. The number of benzene rings is 1. The molecule has 5 heteroatoms. The Kier molecular flexibility index (Phi) is 4.55. The largest absolute Gasteiger partial charge is 0.335 e. The maximum Gasteiger partial charge on any atom is 0.257 e. The van der Waals surface area contributed by atoms with Crippen LogP contribution in [0.15, 0.2) is 12.1 Å². The Morgan fingerprint density at radius 1 is 1.37 bits per heavy atom. The molecule has 2 nitrogen and oxygen atoms in total. The smallest absolute Gasteiger partial charge is 0.257 e. The number of halogens is 3. The summed E-state index contributed by atoms with van der Waals surface area (Å²) in [5.41, 5.74) is 0.254. The second-order valence-corrected chi connectivity index (χ2v) is 5.53. The first kappa shape index (κ1) is 14.4. The van der Waals surface area contributed by atoms with Crippen molar-refractivity contribution in [3.05, 3.63) is 34.9 Å². The number of amides is 1. The first-order valence-corrected chi connectivity index (χ1v) is 7.49. The van der Waals surface area contributed by atoms with E-state index in [4.69, 9.17) is 0 Å². The maximum absolute atomic E-state index is 13.8. The van der Waals surface area contributed by atoms with Gasteiger partial charge in [-0.05, 0) is 37.8 Å². The minimum absolute atomic E-state index is 0.0354. The second kappa shape index (κ2) is 5.99. The van der Waals surface area contributed by atoms with E-state index in [0.29, 0.717) is 11.9 Å². The number of aryl methyl sites for hydroxylation is 1. The van der Waals surface area contributed by atoms with Crippen LogP contribution >= 0.6 is 15.9 Å². The van der Waals surface area contributed by atoms with Crippen LogP contribution in [-0.4, -0.2) is 28.7 Å². The maximum atomic E-state index is 13.8. The molecule has 1 amide bonds. The van der Waals surface area contributed by atoms with E-state index < -0.39 is 11.6 Å². The molecular formula is C14H16BrF2NO. The van der Waals surface area contributed by atoms with Crippen LogP contribution in [0.4, 0.5) is 8.78 Å². The summed E-state index contributed by atoms with van der Waals surface area (Å²) in [6.45, 7) is 2.16. The van der Waals surface area contributed by atoms with Gasteiger partial charge in [-0.15, -0.1) is 0 Å². The van der Waals surface area contributed by atoms with Crippen LogP contribution < -0.4 is 0 Å². The summed E-state index contributed by atoms with van der Waals surface area (Å²) in [5.74, 6) is -1.75. The van der Waals surface area contributed by atoms with Gasteiger partial charge in [-0.1, -0.05) is 15.9 Å². The van der Waals surface area contributed by atoms with E-state index in [9.17, 15) is 13.6 Å². The molecule has 0 bridgehead atoms. The summed E-state index contributed by atoms with van der Waals surface area (Å²) >= 11 is 3.39. The van der Waals surface area contributed by atoms with Crippen molar-refractivity contribution in [3.63, 3.8) is 0 Å². The SMILES string of the molecule is Cc1cc(C(=O)N2CCCCC2CBr)c(F)cc1F. The van der Waals surface area contributed by atoms with Crippen LogP contribution in [0, 0.1) is 18.6 Å². The van der Waals surface area contributed by atoms with Crippen molar-refractivity contribution in [2.75, 3.05) is 11.9 Å². The molecule has 1 heterocycles. The highest BCUT2D eigenvalue weighted by molar-refractivity contribution is 9.09. The molecule has 1 fully saturated rings. The molecule has 1 unspecified atom stereocenters. The number of piperidine rings is 1. The number of carbonyl (C=O) groups is 1. The minimum atomic E-state index is -0.785. The van der Waals surface area contributed by atoms with E-state index in [0.717, 1.165) is 25.3 Å². The molecule has 19 heavy (non-hydrogen) atoms. The molecule has 1 aliphatic rings. The van der Waals surface area contributed by atoms with Crippen molar-refractivity contribution in [2.45, 2.75) is 32.2 Å². The highest BCUT2D eigenvalue weighted by Crippen LogP contribution is 2.23. The average Bonchev–Trinajstić information content (AvgIpc) is 2.42. The quantitative estimate of drug-likeness (QED) is 0.757. The van der Waals surface area contributed by atoms with Crippen molar-refractivity contribution in [3.8, 4) is 0 Å². The Balaban J connectivity index is 2.30.